The van der Waals surface area contributed by atoms with Crippen molar-refractivity contribution >= 4 is 16.9 Å². The summed E-state index contributed by atoms with van der Waals surface area (Å²) < 4.78 is 4.67. The predicted molar refractivity (Wildman–Crippen MR) is 78.6 cm³/mol. The highest BCUT2D eigenvalue weighted by Crippen LogP contribution is 2.34. The zero-order chi connectivity index (χ0) is 13.9. The standard InChI is InChI=1S/C16H20N2O2/c1-20-15(19)9-10-17-14-8-4-6-12-11-5-2-3-7-13(11)18-16(12)14/h2-3,5,7,14,17-18H,4,6,8-10H2,1H3. The Morgan fingerprint density at radius 1 is 1.45 bits per heavy atom. The van der Waals surface area contributed by atoms with E-state index in [4.69, 9.17) is 0 Å². The molecule has 4 heteroatoms. The molecule has 0 aliphatic heterocycles. The second kappa shape index (κ2) is 5.67. The molecule has 3 rings (SSSR count). The third-order valence-electron chi connectivity index (χ3n) is 4.06. The van der Waals surface area contributed by atoms with E-state index in [1.165, 1.54) is 35.7 Å². The molecule has 2 N–H and O–H groups in total. The molecule has 1 aliphatic rings. The maximum atomic E-state index is 11.2. The Labute approximate surface area is 118 Å². The zero-order valence-corrected chi connectivity index (χ0v) is 11.7. The maximum Gasteiger partial charge on any atom is 0.306 e. The van der Waals surface area contributed by atoms with Gasteiger partial charge in [0.15, 0.2) is 0 Å². The average Bonchev–Trinajstić information content (AvgIpc) is 2.86. The Morgan fingerprint density at radius 2 is 2.30 bits per heavy atom. The number of carbonyl (C=O) groups excluding carboxylic acids is 1. The highest BCUT2D eigenvalue weighted by Gasteiger charge is 2.23. The number of nitrogens with one attached hydrogen (secondary N) is 2. The van der Waals surface area contributed by atoms with E-state index in [2.05, 4.69) is 39.3 Å². The maximum absolute atomic E-state index is 11.2. The van der Waals surface area contributed by atoms with Crippen LogP contribution in [-0.4, -0.2) is 24.6 Å². The van der Waals surface area contributed by atoms with Gasteiger partial charge in [-0.05, 0) is 30.9 Å². The molecule has 0 radical (unpaired) electrons. The van der Waals surface area contributed by atoms with E-state index in [-0.39, 0.29) is 5.97 Å². The van der Waals surface area contributed by atoms with Gasteiger partial charge >= 0.3 is 5.97 Å². The molecule has 0 amide bonds. The van der Waals surface area contributed by atoms with Crippen LogP contribution in [0.5, 0.6) is 0 Å². The van der Waals surface area contributed by atoms with Crippen molar-refractivity contribution in [3.05, 3.63) is 35.5 Å². The number of ether oxygens (including phenoxy) is 1. The van der Waals surface area contributed by atoms with E-state index < -0.39 is 0 Å². The molecule has 2 aromatic rings. The van der Waals surface area contributed by atoms with Gasteiger partial charge in [0.2, 0.25) is 0 Å². The number of benzene rings is 1. The highest BCUT2D eigenvalue weighted by atomic mass is 16.5. The van der Waals surface area contributed by atoms with Crippen LogP contribution in [0.2, 0.25) is 0 Å². The first kappa shape index (κ1) is 13.2. The van der Waals surface area contributed by atoms with Gasteiger partial charge in [-0.15, -0.1) is 0 Å². The van der Waals surface area contributed by atoms with Crippen LogP contribution in [0.25, 0.3) is 10.9 Å². The summed E-state index contributed by atoms with van der Waals surface area (Å²) in [5, 5.41) is 4.81. The minimum atomic E-state index is -0.162. The van der Waals surface area contributed by atoms with Crippen molar-refractivity contribution in [2.75, 3.05) is 13.7 Å². The summed E-state index contributed by atoms with van der Waals surface area (Å²) in [6.07, 6.45) is 3.85. The number of esters is 1. The SMILES string of the molecule is COC(=O)CCNC1CCCc2c1[nH]c1ccccc21. The number of para-hydroxylation sites is 1. The van der Waals surface area contributed by atoms with E-state index >= 15 is 0 Å². The molecule has 0 spiro atoms. The third-order valence-corrected chi connectivity index (χ3v) is 4.06. The van der Waals surface area contributed by atoms with Crippen LogP contribution in [0.4, 0.5) is 0 Å². The Morgan fingerprint density at radius 3 is 3.15 bits per heavy atom. The van der Waals surface area contributed by atoms with Crippen LogP contribution in [0.1, 0.15) is 36.6 Å². The fourth-order valence-electron chi connectivity index (χ4n) is 3.07. The smallest absolute Gasteiger partial charge is 0.306 e. The number of hydrogen-bond acceptors (Lipinski definition) is 3. The molecule has 0 fully saturated rings. The van der Waals surface area contributed by atoms with Gasteiger partial charge < -0.3 is 15.0 Å². The minimum Gasteiger partial charge on any atom is -0.469 e. The zero-order valence-electron chi connectivity index (χ0n) is 11.7. The lowest BCUT2D eigenvalue weighted by molar-refractivity contribution is -0.140. The van der Waals surface area contributed by atoms with Gasteiger partial charge in [-0.1, -0.05) is 18.2 Å². The molecule has 0 saturated heterocycles. The normalized spacial score (nSPS) is 17.9. The number of aromatic nitrogens is 1. The summed E-state index contributed by atoms with van der Waals surface area (Å²) in [7, 11) is 1.43. The number of carbonyl (C=O) groups is 1. The summed E-state index contributed by atoms with van der Waals surface area (Å²) in [5.74, 6) is -0.162. The van der Waals surface area contributed by atoms with Crippen LogP contribution >= 0.6 is 0 Å². The minimum absolute atomic E-state index is 0.162. The highest BCUT2D eigenvalue weighted by molar-refractivity contribution is 5.85. The molecule has 106 valence electrons. The molecule has 0 saturated carbocycles. The second-order valence-corrected chi connectivity index (χ2v) is 5.29. The fraction of sp³-hybridized carbons (Fsp3) is 0.438. The average molecular weight is 272 g/mol. The number of aromatic amines is 1. The van der Waals surface area contributed by atoms with Crippen LogP contribution in [0, 0.1) is 0 Å². The van der Waals surface area contributed by atoms with E-state index in [1.807, 2.05) is 0 Å². The molecular weight excluding hydrogens is 252 g/mol. The van der Waals surface area contributed by atoms with Gasteiger partial charge in [-0.3, -0.25) is 4.79 Å². The van der Waals surface area contributed by atoms with Crippen molar-refractivity contribution in [2.24, 2.45) is 0 Å². The summed E-state index contributed by atoms with van der Waals surface area (Å²) >= 11 is 0. The van der Waals surface area contributed by atoms with Crippen LogP contribution < -0.4 is 5.32 Å². The molecule has 20 heavy (non-hydrogen) atoms. The van der Waals surface area contributed by atoms with Gasteiger partial charge in [-0.25, -0.2) is 0 Å². The summed E-state index contributed by atoms with van der Waals surface area (Å²) in [5.41, 5.74) is 3.93. The van der Waals surface area contributed by atoms with E-state index in [1.54, 1.807) is 0 Å². The second-order valence-electron chi connectivity index (χ2n) is 5.29. The van der Waals surface area contributed by atoms with Crippen molar-refractivity contribution in [1.29, 1.82) is 0 Å². The first-order valence-electron chi connectivity index (χ1n) is 7.19. The largest absolute Gasteiger partial charge is 0.469 e. The summed E-state index contributed by atoms with van der Waals surface area (Å²) in [4.78, 5) is 14.7. The van der Waals surface area contributed by atoms with Gasteiger partial charge in [0.25, 0.3) is 0 Å². The van der Waals surface area contributed by atoms with Crippen LogP contribution in [0.3, 0.4) is 0 Å². The quantitative estimate of drug-likeness (QED) is 0.841. The molecular formula is C16H20N2O2. The molecule has 1 aromatic heterocycles. The first-order chi connectivity index (χ1) is 9.79. The van der Waals surface area contributed by atoms with Gasteiger partial charge in [0.05, 0.1) is 13.5 Å². The van der Waals surface area contributed by atoms with Crippen molar-refractivity contribution in [2.45, 2.75) is 31.7 Å². The summed E-state index contributed by atoms with van der Waals surface area (Å²) in [6.45, 7) is 0.659. The number of methoxy groups -OCH3 is 1. The molecule has 0 bridgehead atoms. The molecule has 1 heterocycles. The van der Waals surface area contributed by atoms with E-state index in [0.717, 1.165) is 12.8 Å². The molecule has 4 nitrogen and oxygen atoms in total. The van der Waals surface area contributed by atoms with Crippen molar-refractivity contribution < 1.29 is 9.53 Å². The van der Waals surface area contributed by atoms with Crippen LogP contribution in [-0.2, 0) is 16.0 Å². The lowest BCUT2D eigenvalue weighted by Gasteiger charge is -2.23. The van der Waals surface area contributed by atoms with Crippen molar-refractivity contribution in [1.82, 2.24) is 10.3 Å². The Hall–Kier alpha value is -1.81. The summed E-state index contributed by atoms with van der Waals surface area (Å²) in [6, 6.07) is 8.77. The Kier molecular flexibility index (Phi) is 3.74. The third kappa shape index (κ3) is 2.43. The monoisotopic (exact) mass is 272 g/mol. The topological polar surface area (TPSA) is 54.1 Å². The number of fused-ring (bicyclic) bond motifs is 3. The van der Waals surface area contributed by atoms with E-state index in [0.29, 0.717) is 19.0 Å². The van der Waals surface area contributed by atoms with Gasteiger partial charge in [-0.2, -0.15) is 0 Å². The Bertz CT molecular complexity index is 618. The fourth-order valence-corrected chi connectivity index (χ4v) is 3.07. The van der Waals surface area contributed by atoms with Gasteiger partial charge in [0, 0.05) is 29.2 Å². The number of aryl methyl sites for hydroxylation is 1. The first-order valence-corrected chi connectivity index (χ1v) is 7.19. The van der Waals surface area contributed by atoms with Crippen molar-refractivity contribution in [3.8, 4) is 0 Å². The number of H-pyrrole nitrogens is 1. The Balaban J connectivity index is 1.78. The molecule has 1 aliphatic carbocycles. The van der Waals surface area contributed by atoms with E-state index in [9.17, 15) is 4.79 Å². The lowest BCUT2D eigenvalue weighted by atomic mass is 9.91. The lowest BCUT2D eigenvalue weighted by Crippen LogP contribution is -2.27. The predicted octanol–water partition coefficient (Wildman–Crippen LogP) is 2.70. The van der Waals surface area contributed by atoms with Crippen molar-refractivity contribution in [3.63, 3.8) is 0 Å². The molecule has 1 atom stereocenters. The molecule has 1 aromatic carbocycles. The number of hydrogen-bond donors (Lipinski definition) is 2. The molecule has 1 unspecified atom stereocenters. The number of rotatable bonds is 4. The van der Waals surface area contributed by atoms with Crippen LogP contribution in [0.15, 0.2) is 24.3 Å². The van der Waals surface area contributed by atoms with Gasteiger partial charge in [0.1, 0.15) is 0 Å².